The van der Waals surface area contributed by atoms with Crippen LogP contribution >= 0.6 is 0 Å². The van der Waals surface area contributed by atoms with Gasteiger partial charge in [-0.05, 0) is 29.8 Å². The second kappa shape index (κ2) is 6.51. The van der Waals surface area contributed by atoms with Gasteiger partial charge in [0.2, 0.25) is 0 Å². The van der Waals surface area contributed by atoms with Crippen LogP contribution in [-0.2, 0) is 11.0 Å². The lowest BCUT2D eigenvalue weighted by molar-refractivity contribution is -0.139. The molecule has 2 aromatic carbocycles. The smallest absolute Gasteiger partial charge is 0.416 e. The number of hydrogen-bond donors (Lipinski definition) is 1. The molecule has 1 unspecified atom stereocenters. The van der Waals surface area contributed by atoms with Gasteiger partial charge < -0.3 is 9.84 Å². The summed E-state index contributed by atoms with van der Waals surface area (Å²) in [5, 5.41) is 9.23. The normalized spacial score (nSPS) is 12.7. The average molecular weight is 310 g/mol. The third-order valence-corrected chi connectivity index (χ3v) is 3.10. The molecule has 3 nitrogen and oxygen atoms in total. The van der Waals surface area contributed by atoms with Crippen LogP contribution in [0.3, 0.4) is 0 Å². The molecule has 0 spiro atoms. The maximum atomic E-state index is 12.5. The van der Waals surface area contributed by atoms with Crippen molar-refractivity contribution in [3.05, 3.63) is 65.7 Å². The molecule has 0 amide bonds. The molecule has 0 saturated heterocycles. The fraction of sp³-hybridized carbons (Fsp3) is 0.188. The van der Waals surface area contributed by atoms with E-state index >= 15 is 0 Å². The fourth-order valence-electron chi connectivity index (χ4n) is 1.91. The molecule has 22 heavy (non-hydrogen) atoms. The van der Waals surface area contributed by atoms with E-state index < -0.39 is 23.6 Å². The van der Waals surface area contributed by atoms with Gasteiger partial charge in [-0.2, -0.15) is 13.2 Å². The summed E-state index contributed by atoms with van der Waals surface area (Å²) in [4.78, 5) is 11.3. The summed E-state index contributed by atoms with van der Waals surface area (Å²) >= 11 is 0. The minimum absolute atomic E-state index is 0.162. The highest BCUT2D eigenvalue weighted by atomic mass is 19.4. The van der Waals surface area contributed by atoms with Gasteiger partial charge in [0.1, 0.15) is 18.3 Å². The van der Waals surface area contributed by atoms with Crippen molar-refractivity contribution in [2.45, 2.75) is 12.1 Å². The molecule has 0 aromatic heterocycles. The standard InChI is InChI=1S/C16H13F3O3/c17-16(18,19)12-8-6-11(7-9-12)14(15(20)21)10-22-13-4-2-1-3-5-13/h1-9,14H,10H2,(H,20,21). The molecule has 2 rings (SSSR count). The van der Waals surface area contributed by atoms with Gasteiger partial charge in [0.25, 0.3) is 0 Å². The molecule has 1 N–H and O–H groups in total. The molecule has 0 aliphatic carbocycles. The number of benzene rings is 2. The van der Waals surface area contributed by atoms with Crippen LogP contribution in [0.2, 0.25) is 0 Å². The zero-order valence-electron chi connectivity index (χ0n) is 11.4. The lowest BCUT2D eigenvalue weighted by Crippen LogP contribution is -2.19. The van der Waals surface area contributed by atoms with Gasteiger partial charge >= 0.3 is 12.1 Å². The zero-order chi connectivity index (χ0) is 16.2. The molecule has 0 aliphatic heterocycles. The molecule has 0 aliphatic rings. The van der Waals surface area contributed by atoms with E-state index in [4.69, 9.17) is 4.74 Å². The molecule has 1 atom stereocenters. The first-order valence-electron chi connectivity index (χ1n) is 6.46. The van der Waals surface area contributed by atoms with E-state index in [0.717, 1.165) is 24.3 Å². The fourth-order valence-corrected chi connectivity index (χ4v) is 1.91. The summed E-state index contributed by atoms with van der Waals surface area (Å²) in [5.41, 5.74) is -0.555. The van der Waals surface area contributed by atoms with E-state index in [9.17, 15) is 23.1 Å². The summed E-state index contributed by atoms with van der Waals surface area (Å²) in [6.45, 7) is -0.162. The Morgan fingerprint density at radius 1 is 1.05 bits per heavy atom. The minimum atomic E-state index is -4.45. The summed E-state index contributed by atoms with van der Waals surface area (Å²) in [6.07, 6.45) is -4.45. The lowest BCUT2D eigenvalue weighted by atomic mass is 9.99. The highest BCUT2D eigenvalue weighted by Gasteiger charge is 2.31. The quantitative estimate of drug-likeness (QED) is 0.909. The maximum Gasteiger partial charge on any atom is 0.416 e. The van der Waals surface area contributed by atoms with Crippen molar-refractivity contribution in [3.63, 3.8) is 0 Å². The van der Waals surface area contributed by atoms with Gasteiger partial charge in [0.05, 0.1) is 5.56 Å². The van der Waals surface area contributed by atoms with Gasteiger partial charge in [0, 0.05) is 0 Å². The van der Waals surface area contributed by atoms with Crippen LogP contribution in [-0.4, -0.2) is 17.7 Å². The number of halogens is 3. The van der Waals surface area contributed by atoms with Crippen LogP contribution in [0.15, 0.2) is 54.6 Å². The molecule has 0 fully saturated rings. The van der Waals surface area contributed by atoms with E-state index in [1.165, 1.54) is 0 Å². The average Bonchev–Trinajstić information content (AvgIpc) is 2.48. The SMILES string of the molecule is O=C(O)C(COc1ccccc1)c1ccc(C(F)(F)F)cc1. The summed E-state index contributed by atoms with van der Waals surface area (Å²) < 4.78 is 42.9. The molecule has 6 heteroatoms. The zero-order valence-corrected chi connectivity index (χ0v) is 11.4. The van der Waals surface area contributed by atoms with E-state index in [-0.39, 0.29) is 12.2 Å². The van der Waals surface area contributed by atoms with E-state index in [1.807, 2.05) is 0 Å². The van der Waals surface area contributed by atoms with Crippen molar-refractivity contribution in [3.8, 4) is 5.75 Å². The van der Waals surface area contributed by atoms with Crippen LogP contribution in [0.25, 0.3) is 0 Å². The number of ether oxygens (including phenoxy) is 1. The number of carbonyl (C=O) groups is 1. The Morgan fingerprint density at radius 2 is 1.64 bits per heavy atom. The number of para-hydroxylation sites is 1. The van der Waals surface area contributed by atoms with Crippen LogP contribution in [0.4, 0.5) is 13.2 Å². The monoisotopic (exact) mass is 310 g/mol. The molecule has 0 bridgehead atoms. The van der Waals surface area contributed by atoms with E-state index in [1.54, 1.807) is 30.3 Å². The molecule has 2 aromatic rings. The van der Waals surface area contributed by atoms with Crippen molar-refractivity contribution >= 4 is 5.97 Å². The molecule has 0 radical (unpaired) electrons. The molecule has 0 heterocycles. The Labute approximate surface area is 125 Å². The lowest BCUT2D eigenvalue weighted by Gasteiger charge is -2.15. The van der Waals surface area contributed by atoms with Crippen molar-refractivity contribution in [1.82, 2.24) is 0 Å². The first-order valence-corrected chi connectivity index (χ1v) is 6.46. The van der Waals surface area contributed by atoms with Gasteiger partial charge in [0.15, 0.2) is 0 Å². The van der Waals surface area contributed by atoms with Crippen LogP contribution in [0.1, 0.15) is 17.0 Å². The number of alkyl halides is 3. The van der Waals surface area contributed by atoms with Gasteiger partial charge in [-0.15, -0.1) is 0 Å². The van der Waals surface area contributed by atoms with Crippen LogP contribution < -0.4 is 4.74 Å². The Balaban J connectivity index is 2.13. The first kappa shape index (κ1) is 15.9. The van der Waals surface area contributed by atoms with Gasteiger partial charge in [-0.3, -0.25) is 4.79 Å². The Kier molecular flexibility index (Phi) is 4.70. The topological polar surface area (TPSA) is 46.5 Å². The van der Waals surface area contributed by atoms with Gasteiger partial charge in [-0.25, -0.2) is 0 Å². The third kappa shape index (κ3) is 4.00. The number of aliphatic carboxylic acids is 1. The second-order valence-electron chi connectivity index (χ2n) is 4.63. The predicted molar refractivity (Wildman–Crippen MR) is 73.8 cm³/mol. The first-order chi connectivity index (χ1) is 10.4. The predicted octanol–water partition coefficient (Wildman–Crippen LogP) is 3.95. The Hall–Kier alpha value is -2.50. The van der Waals surface area contributed by atoms with Crippen molar-refractivity contribution in [2.24, 2.45) is 0 Å². The molecule has 0 saturated carbocycles. The third-order valence-electron chi connectivity index (χ3n) is 3.10. The number of hydrogen-bond acceptors (Lipinski definition) is 2. The van der Waals surface area contributed by atoms with E-state index in [0.29, 0.717) is 5.75 Å². The molecular weight excluding hydrogens is 297 g/mol. The largest absolute Gasteiger partial charge is 0.492 e. The van der Waals surface area contributed by atoms with Gasteiger partial charge in [-0.1, -0.05) is 30.3 Å². The minimum Gasteiger partial charge on any atom is -0.492 e. The van der Waals surface area contributed by atoms with Crippen molar-refractivity contribution in [1.29, 1.82) is 0 Å². The highest BCUT2D eigenvalue weighted by Crippen LogP contribution is 2.30. The van der Waals surface area contributed by atoms with E-state index in [2.05, 4.69) is 0 Å². The maximum absolute atomic E-state index is 12.5. The Bertz CT molecular complexity index is 621. The van der Waals surface area contributed by atoms with Crippen LogP contribution in [0.5, 0.6) is 5.75 Å². The van der Waals surface area contributed by atoms with Crippen molar-refractivity contribution < 1.29 is 27.8 Å². The number of carboxylic acid groups (broad SMARTS) is 1. The number of carboxylic acids is 1. The highest BCUT2D eigenvalue weighted by molar-refractivity contribution is 5.76. The molecule has 116 valence electrons. The summed E-state index contributed by atoms with van der Waals surface area (Å²) in [5.74, 6) is -1.70. The number of rotatable bonds is 5. The second-order valence-corrected chi connectivity index (χ2v) is 4.63. The van der Waals surface area contributed by atoms with Crippen molar-refractivity contribution in [2.75, 3.05) is 6.61 Å². The van der Waals surface area contributed by atoms with Crippen LogP contribution in [0, 0.1) is 0 Å². The molecular formula is C16H13F3O3. The Morgan fingerprint density at radius 3 is 2.14 bits per heavy atom. The summed E-state index contributed by atoms with van der Waals surface area (Å²) in [7, 11) is 0. The summed E-state index contributed by atoms with van der Waals surface area (Å²) in [6, 6.07) is 12.7.